The SMILES string of the molecule is CC(C)(C)c1cc(N)cc(C(C)(C)C)c1Cc1c(C(C)(C)C)cc(N)cc1C(C)(C)C. The van der Waals surface area contributed by atoms with Crippen LogP contribution in [0.4, 0.5) is 11.4 Å². The van der Waals surface area contributed by atoms with E-state index in [1.807, 2.05) is 0 Å². The van der Waals surface area contributed by atoms with E-state index in [1.54, 1.807) is 0 Å². The van der Waals surface area contributed by atoms with Crippen molar-refractivity contribution in [2.75, 3.05) is 11.5 Å². The van der Waals surface area contributed by atoms with Crippen LogP contribution >= 0.6 is 0 Å². The van der Waals surface area contributed by atoms with Gasteiger partial charge in [-0.05, 0) is 85.7 Å². The molecule has 2 rings (SSSR count). The van der Waals surface area contributed by atoms with Crippen molar-refractivity contribution in [1.82, 2.24) is 0 Å². The number of benzene rings is 2. The number of hydrogen-bond acceptors (Lipinski definition) is 2. The molecule has 31 heavy (non-hydrogen) atoms. The second-order valence-corrected chi connectivity index (χ2v) is 13.4. The van der Waals surface area contributed by atoms with Gasteiger partial charge in [0, 0.05) is 11.4 Å². The molecule has 0 saturated heterocycles. The maximum Gasteiger partial charge on any atom is 0.0320 e. The first-order chi connectivity index (χ1) is 13.7. The normalized spacial score (nSPS) is 13.5. The van der Waals surface area contributed by atoms with Crippen molar-refractivity contribution in [2.24, 2.45) is 0 Å². The van der Waals surface area contributed by atoms with Gasteiger partial charge < -0.3 is 11.5 Å². The number of anilines is 2. The van der Waals surface area contributed by atoms with Crippen LogP contribution < -0.4 is 11.5 Å². The minimum absolute atomic E-state index is 0.00229. The Hall–Kier alpha value is -1.96. The monoisotopic (exact) mass is 422 g/mol. The number of nitrogens with two attached hydrogens (primary N) is 2. The Kier molecular flexibility index (Phi) is 6.42. The fraction of sp³-hybridized carbons (Fsp3) is 0.586. The number of nitrogen functional groups attached to an aromatic ring is 2. The van der Waals surface area contributed by atoms with Gasteiger partial charge in [-0.1, -0.05) is 83.1 Å². The van der Waals surface area contributed by atoms with E-state index < -0.39 is 0 Å². The summed E-state index contributed by atoms with van der Waals surface area (Å²) in [6.07, 6.45) is 0.888. The van der Waals surface area contributed by atoms with Gasteiger partial charge in [-0.3, -0.25) is 0 Å². The Morgan fingerprint density at radius 1 is 0.452 bits per heavy atom. The van der Waals surface area contributed by atoms with Crippen LogP contribution in [-0.2, 0) is 28.1 Å². The van der Waals surface area contributed by atoms with Gasteiger partial charge in [-0.25, -0.2) is 0 Å². The van der Waals surface area contributed by atoms with Crippen molar-refractivity contribution >= 4 is 11.4 Å². The maximum atomic E-state index is 6.42. The average Bonchev–Trinajstić information content (AvgIpc) is 2.53. The molecule has 0 atom stereocenters. The number of hydrogen-bond donors (Lipinski definition) is 2. The lowest BCUT2D eigenvalue weighted by molar-refractivity contribution is 0.546. The van der Waals surface area contributed by atoms with Crippen LogP contribution in [0.5, 0.6) is 0 Å². The van der Waals surface area contributed by atoms with Crippen molar-refractivity contribution in [1.29, 1.82) is 0 Å². The molecule has 0 bridgehead atoms. The van der Waals surface area contributed by atoms with Crippen molar-refractivity contribution in [2.45, 2.75) is 111 Å². The summed E-state index contributed by atoms with van der Waals surface area (Å²) in [4.78, 5) is 0. The molecule has 2 heteroatoms. The molecular formula is C29H46N2. The molecule has 0 saturated carbocycles. The zero-order valence-corrected chi connectivity index (χ0v) is 22.2. The van der Waals surface area contributed by atoms with Crippen LogP contribution in [0.2, 0.25) is 0 Å². The van der Waals surface area contributed by atoms with Crippen molar-refractivity contribution in [3.63, 3.8) is 0 Å². The molecule has 0 fully saturated rings. The highest BCUT2D eigenvalue weighted by Crippen LogP contribution is 2.42. The van der Waals surface area contributed by atoms with E-state index in [-0.39, 0.29) is 21.7 Å². The van der Waals surface area contributed by atoms with Crippen LogP contribution in [0.15, 0.2) is 24.3 Å². The van der Waals surface area contributed by atoms with Crippen LogP contribution in [0, 0.1) is 0 Å². The van der Waals surface area contributed by atoms with E-state index in [0.717, 1.165) is 17.8 Å². The summed E-state index contributed by atoms with van der Waals surface area (Å²) < 4.78 is 0. The molecular weight excluding hydrogens is 376 g/mol. The van der Waals surface area contributed by atoms with Gasteiger partial charge in [-0.15, -0.1) is 0 Å². The van der Waals surface area contributed by atoms with Crippen LogP contribution in [0.25, 0.3) is 0 Å². The lowest BCUT2D eigenvalue weighted by Crippen LogP contribution is -2.25. The topological polar surface area (TPSA) is 52.0 Å². The van der Waals surface area contributed by atoms with E-state index in [0.29, 0.717) is 0 Å². The predicted octanol–water partition coefficient (Wildman–Crippen LogP) is 7.63. The van der Waals surface area contributed by atoms with Gasteiger partial charge in [0.25, 0.3) is 0 Å². The van der Waals surface area contributed by atoms with E-state index >= 15 is 0 Å². The summed E-state index contributed by atoms with van der Waals surface area (Å²) in [5, 5.41) is 0. The van der Waals surface area contributed by atoms with Gasteiger partial charge in [-0.2, -0.15) is 0 Å². The predicted molar refractivity (Wildman–Crippen MR) is 139 cm³/mol. The van der Waals surface area contributed by atoms with Gasteiger partial charge >= 0.3 is 0 Å². The van der Waals surface area contributed by atoms with Crippen LogP contribution in [0.1, 0.15) is 116 Å². The first-order valence-corrected chi connectivity index (χ1v) is 11.6. The molecule has 0 unspecified atom stereocenters. The third kappa shape index (κ3) is 5.64. The van der Waals surface area contributed by atoms with Gasteiger partial charge in [0.05, 0.1) is 0 Å². The van der Waals surface area contributed by atoms with E-state index in [2.05, 4.69) is 107 Å². The highest BCUT2D eigenvalue weighted by molar-refractivity contribution is 5.59. The Morgan fingerprint density at radius 2 is 0.645 bits per heavy atom. The Bertz CT molecular complexity index is 803. The summed E-state index contributed by atoms with van der Waals surface area (Å²) in [5.41, 5.74) is 22.7. The van der Waals surface area contributed by atoms with E-state index in [9.17, 15) is 0 Å². The summed E-state index contributed by atoms with van der Waals surface area (Å²) in [6, 6.07) is 8.76. The molecule has 2 nitrogen and oxygen atoms in total. The second kappa shape index (κ2) is 7.87. The Balaban J connectivity index is 2.98. The quantitative estimate of drug-likeness (QED) is 0.489. The first-order valence-electron chi connectivity index (χ1n) is 11.6. The molecule has 0 aliphatic heterocycles. The van der Waals surface area contributed by atoms with Gasteiger partial charge in [0.1, 0.15) is 0 Å². The summed E-state index contributed by atoms with van der Waals surface area (Å²) in [7, 11) is 0. The average molecular weight is 423 g/mol. The Morgan fingerprint density at radius 3 is 0.806 bits per heavy atom. The largest absolute Gasteiger partial charge is 0.399 e. The second-order valence-electron chi connectivity index (χ2n) is 13.4. The molecule has 0 amide bonds. The third-order valence-corrected chi connectivity index (χ3v) is 6.13. The molecule has 0 spiro atoms. The van der Waals surface area contributed by atoms with Crippen LogP contribution in [0.3, 0.4) is 0 Å². The summed E-state index contributed by atoms with van der Waals surface area (Å²) >= 11 is 0. The Labute approximate surface area is 191 Å². The van der Waals surface area contributed by atoms with E-state index in [1.165, 1.54) is 33.4 Å². The maximum absolute atomic E-state index is 6.42. The lowest BCUT2D eigenvalue weighted by Gasteiger charge is -2.34. The summed E-state index contributed by atoms with van der Waals surface area (Å²) in [6.45, 7) is 27.5. The minimum atomic E-state index is 0.00229. The lowest BCUT2D eigenvalue weighted by atomic mass is 9.70. The van der Waals surface area contributed by atoms with Gasteiger partial charge in [0.15, 0.2) is 0 Å². The minimum Gasteiger partial charge on any atom is -0.399 e. The van der Waals surface area contributed by atoms with E-state index in [4.69, 9.17) is 11.5 Å². The molecule has 0 aliphatic rings. The standard InChI is InChI=1S/C29H46N2/c1-26(2,3)22-13-18(30)14-23(27(4,5)6)20(22)17-21-24(28(7,8)9)15-19(31)16-25(21)29(10,11)12/h13-16H,17,30-31H2,1-12H3. The number of rotatable bonds is 2. The smallest absolute Gasteiger partial charge is 0.0320 e. The van der Waals surface area contributed by atoms with Crippen molar-refractivity contribution in [3.05, 3.63) is 57.6 Å². The molecule has 0 aromatic heterocycles. The zero-order chi connectivity index (χ0) is 24.2. The fourth-order valence-electron chi connectivity index (χ4n) is 4.62. The molecule has 0 radical (unpaired) electrons. The van der Waals surface area contributed by atoms with Crippen molar-refractivity contribution < 1.29 is 0 Å². The zero-order valence-electron chi connectivity index (χ0n) is 22.2. The molecule has 2 aromatic rings. The molecule has 172 valence electrons. The van der Waals surface area contributed by atoms with Crippen molar-refractivity contribution in [3.8, 4) is 0 Å². The highest BCUT2D eigenvalue weighted by Gasteiger charge is 2.31. The first kappa shape index (κ1) is 25.3. The van der Waals surface area contributed by atoms with Crippen LogP contribution in [-0.4, -0.2) is 0 Å². The third-order valence-electron chi connectivity index (χ3n) is 6.13. The molecule has 0 aliphatic carbocycles. The van der Waals surface area contributed by atoms with Gasteiger partial charge in [0.2, 0.25) is 0 Å². The molecule has 2 aromatic carbocycles. The highest BCUT2D eigenvalue weighted by atomic mass is 14.6. The molecule has 4 N–H and O–H groups in total. The summed E-state index contributed by atoms with van der Waals surface area (Å²) in [5.74, 6) is 0. The fourth-order valence-corrected chi connectivity index (χ4v) is 4.62. The molecule has 0 heterocycles.